The third-order valence-electron chi connectivity index (χ3n) is 5.79. The number of aromatic nitrogens is 1. The van der Waals surface area contributed by atoms with Crippen molar-refractivity contribution in [3.05, 3.63) is 65.4 Å². The van der Waals surface area contributed by atoms with Crippen molar-refractivity contribution in [3.63, 3.8) is 0 Å². The topological polar surface area (TPSA) is 91.1 Å². The normalized spacial score (nSPS) is 19.2. The number of piperidine rings is 1. The number of carbonyl (C=O) groups excluding carboxylic acids is 3. The predicted molar refractivity (Wildman–Crippen MR) is 112 cm³/mol. The zero-order valence-corrected chi connectivity index (χ0v) is 16.5. The highest BCUT2D eigenvalue weighted by Gasteiger charge is 2.42. The lowest BCUT2D eigenvalue weighted by Crippen LogP contribution is -2.51. The molecular weight excluding hydrogens is 366 g/mol. The molecule has 1 fully saturated rings. The summed E-state index contributed by atoms with van der Waals surface area (Å²) in [6.45, 7) is 3.95. The average Bonchev–Trinajstić information content (AvgIpc) is 3.13. The van der Waals surface area contributed by atoms with Gasteiger partial charge in [-0.2, -0.15) is 0 Å². The van der Waals surface area contributed by atoms with E-state index in [0.717, 1.165) is 22.0 Å². The van der Waals surface area contributed by atoms with Crippen LogP contribution < -0.4 is 10.6 Å². The molecule has 1 unspecified atom stereocenters. The summed E-state index contributed by atoms with van der Waals surface area (Å²) in [5, 5.41) is 6.33. The summed E-state index contributed by atoms with van der Waals surface area (Å²) in [6.07, 6.45) is 1.43. The maximum absolute atomic E-state index is 12.6. The number of hydrogen-bond acceptors (Lipinski definition) is 3. The number of hydrogen-bond donors (Lipinski definition) is 3. The number of benzene rings is 2. The van der Waals surface area contributed by atoms with E-state index in [-0.39, 0.29) is 17.7 Å². The monoisotopic (exact) mass is 389 g/mol. The predicted octanol–water partition coefficient (Wildman–Crippen LogP) is 3.81. The summed E-state index contributed by atoms with van der Waals surface area (Å²) in [5.41, 5.74) is 3.33. The van der Waals surface area contributed by atoms with E-state index >= 15 is 0 Å². The Morgan fingerprint density at radius 2 is 1.86 bits per heavy atom. The minimum absolute atomic E-state index is 0.224. The molecule has 1 saturated heterocycles. The molecule has 148 valence electrons. The summed E-state index contributed by atoms with van der Waals surface area (Å²) < 4.78 is 0. The molecule has 1 aliphatic rings. The van der Waals surface area contributed by atoms with Crippen LogP contribution in [0.1, 0.15) is 47.8 Å². The molecule has 1 aliphatic heterocycles. The lowest BCUT2D eigenvalue weighted by atomic mass is 9.72. The molecule has 0 aliphatic carbocycles. The Morgan fingerprint density at radius 1 is 1.10 bits per heavy atom. The van der Waals surface area contributed by atoms with Gasteiger partial charge < -0.3 is 10.3 Å². The standard InChI is InChI=1S/C23H23N3O3/c1-3-23(11-10-20(27)26-22(23)29)16-6-8-17(9-7-16)24-21(28)19-13-15-5-4-14(2)12-18(15)25-19/h4-9,12-13,25H,3,10-11H2,1-2H3,(H,24,28)(H,26,27,29). The van der Waals surface area contributed by atoms with Crippen molar-refractivity contribution in [1.82, 2.24) is 10.3 Å². The van der Waals surface area contributed by atoms with Crippen molar-refractivity contribution in [2.45, 2.75) is 38.5 Å². The summed E-state index contributed by atoms with van der Waals surface area (Å²) in [7, 11) is 0. The van der Waals surface area contributed by atoms with E-state index in [1.807, 2.05) is 50.2 Å². The number of fused-ring (bicyclic) bond motifs is 1. The number of carbonyl (C=O) groups is 3. The highest BCUT2D eigenvalue weighted by molar-refractivity contribution is 6.06. The van der Waals surface area contributed by atoms with Crippen LogP contribution in [-0.4, -0.2) is 22.7 Å². The van der Waals surface area contributed by atoms with Gasteiger partial charge in [0.1, 0.15) is 5.69 Å². The van der Waals surface area contributed by atoms with Crippen LogP contribution in [0.2, 0.25) is 0 Å². The van der Waals surface area contributed by atoms with E-state index in [9.17, 15) is 14.4 Å². The van der Waals surface area contributed by atoms with E-state index in [1.54, 1.807) is 12.1 Å². The van der Waals surface area contributed by atoms with Crippen LogP contribution in [0.3, 0.4) is 0 Å². The van der Waals surface area contributed by atoms with E-state index in [0.29, 0.717) is 30.6 Å². The molecule has 6 heteroatoms. The number of nitrogens with one attached hydrogen (secondary N) is 3. The first kappa shape index (κ1) is 18.9. The maximum atomic E-state index is 12.6. The fourth-order valence-electron chi connectivity index (χ4n) is 4.00. The molecule has 0 saturated carbocycles. The number of rotatable bonds is 4. The van der Waals surface area contributed by atoms with E-state index in [1.165, 1.54) is 0 Å². The highest BCUT2D eigenvalue weighted by Crippen LogP contribution is 2.36. The summed E-state index contributed by atoms with van der Waals surface area (Å²) in [4.78, 5) is 39.8. The fourth-order valence-corrected chi connectivity index (χ4v) is 4.00. The molecule has 29 heavy (non-hydrogen) atoms. The van der Waals surface area contributed by atoms with Gasteiger partial charge in [0.15, 0.2) is 0 Å². The van der Waals surface area contributed by atoms with Crippen molar-refractivity contribution >= 4 is 34.3 Å². The lowest BCUT2D eigenvalue weighted by molar-refractivity contribution is -0.138. The van der Waals surface area contributed by atoms with Gasteiger partial charge in [-0.25, -0.2) is 0 Å². The second-order valence-electron chi connectivity index (χ2n) is 7.62. The molecular formula is C23H23N3O3. The Kier molecular flexibility index (Phi) is 4.70. The van der Waals surface area contributed by atoms with Crippen LogP contribution in [0.5, 0.6) is 0 Å². The van der Waals surface area contributed by atoms with Crippen LogP contribution in [0.4, 0.5) is 5.69 Å². The van der Waals surface area contributed by atoms with E-state index < -0.39 is 5.41 Å². The first-order valence-electron chi connectivity index (χ1n) is 9.77. The van der Waals surface area contributed by atoms with Gasteiger partial charge >= 0.3 is 0 Å². The van der Waals surface area contributed by atoms with Crippen LogP contribution in [0.15, 0.2) is 48.5 Å². The van der Waals surface area contributed by atoms with Crippen molar-refractivity contribution in [2.24, 2.45) is 0 Å². The van der Waals surface area contributed by atoms with Gasteiger partial charge in [-0.05, 0) is 55.2 Å². The Labute approximate surface area is 168 Å². The SMILES string of the molecule is CCC1(c2ccc(NC(=O)c3cc4ccc(C)cc4[nH]3)cc2)CCC(=O)NC1=O. The van der Waals surface area contributed by atoms with Crippen molar-refractivity contribution in [3.8, 4) is 0 Å². The van der Waals surface area contributed by atoms with Gasteiger partial charge in [0.05, 0.1) is 5.41 Å². The summed E-state index contributed by atoms with van der Waals surface area (Å²) >= 11 is 0. The molecule has 2 aromatic carbocycles. The fraction of sp³-hybridized carbons (Fsp3) is 0.261. The molecule has 1 atom stereocenters. The van der Waals surface area contributed by atoms with Gasteiger partial charge in [-0.1, -0.05) is 31.2 Å². The molecule has 3 aromatic rings. The third-order valence-corrected chi connectivity index (χ3v) is 5.79. The quantitative estimate of drug-likeness (QED) is 0.593. The van der Waals surface area contributed by atoms with Crippen LogP contribution >= 0.6 is 0 Å². The Bertz CT molecular complexity index is 1110. The van der Waals surface area contributed by atoms with Crippen LogP contribution in [0.25, 0.3) is 10.9 Å². The molecule has 3 amide bonds. The lowest BCUT2D eigenvalue weighted by Gasteiger charge is -2.35. The summed E-state index contributed by atoms with van der Waals surface area (Å²) in [5.74, 6) is -0.698. The largest absolute Gasteiger partial charge is 0.351 e. The molecule has 2 heterocycles. The van der Waals surface area contributed by atoms with Crippen LogP contribution in [0, 0.1) is 6.92 Å². The second kappa shape index (κ2) is 7.20. The van der Waals surface area contributed by atoms with Gasteiger partial charge in [0.2, 0.25) is 11.8 Å². The smallest absolute Gasteiger partial charge is 0.272 e. The number of aryl methyl sites for hydroxylation is 1. The first-order valence-corrected chi connectivity index (χ1v) is 9.77. The number of imide groups is 1. The zero-order valence-electron chi connectivity index (χ0n) is 16.5. The first-order chi connectivity index (χ1) is 13.9. The molecule has 0 spiro atoms. The molecule has 6 nitrogen and oxygen atoms in total. The highest BCUT2D eigenvalue weighted by atomic mass is 16.2. The van der Waals surface area contributed by atoms with Crippen LogP contribution in [-0.2, 0) is 15.0 Å². The molecule has 3 N–H and O–H groups in total. The minimum Gasteiger partial charge on any atom is -0.351 e. The molecule has 4 rings (SSSR count). The molecule has 1 aromatic heterocycles. The minimum atomic E-state index is -0.703. The second-order valence-corrected chi connectivity index (χ2v) is 7.62. The van der Waals surface area contributed by atoms with Gasteiger partial charge in [0.25, 0.3) is 5.91 Å². The van der Waals surface area contributed by atoms with Gasteiger partial charge in [0, 0.05) is 23.0 Å². The van der Waals surface area contributed by atoms with Gasteiger partial charge in [-0.3, -0.25) is 19.7 Å². The Balaban J connectivity index is 1.53. The average molecular weight is 389 g/mol. The van der Waals surface area contributed by atoms with E-state index in [2.05, 4.69) is 15.6 Å². The Morgan fingerprint density at radius 3 is 2.55 bits per heavy atom. The number of aromatic amines is 1. The van der Waals surface area contributed by atoms with Crippen molar-refractivity contribution < 1.29 is 14.4 Å². The van der Waals surface area contributed by atoms with Crippen molar-refractivity contribution in [1.29, 1.82) is 0 Å². The number of amides is 3. The molecule has 0 radical (unpaired) electrons. The number of anilines is 1. The Hall–Kier alpha value is -3.41. The van der Waals surface area contributed by atoms with Gasteiger partial charge in [-0.15, -0.1) is 0 Å². The van der Waals surface area contributed by atoms with Crippen molar-refractivity contribution in [2.75, 3.05) is 5.32 Å². The van der Waals surface area contributed by atoms with E-state index in [4.69, 9.17) is 0 Å². The third kappa shape index (κ3) is 3.42. The zero-order chi connectivity index (χ0) is 20.6. The summed E-state index contributed by atoms with van der Waals surface area (Å²) in [6, 6.07) is 15.1. The maximum Gasteiger partial charge on any atom is 0.272 e. The number of H-pyrrole nitrogens is 1. The molecule has 0 bridgehead atoms.